The Kier molecular flexibility index (Phi) is 4.25. The SMILES string of the molecule is CCCOCc1nc(N)nc(C2CCCC2)n1. The van der Waals surface area contributed by atoms with Crippen LogP contribution >= 0.6 is 0 Å². The topological polar surface area (TPSA) is 73.9 Å². The van der Waals surface area contributed by atoms with Crippen molar-refractivity contribution < 1.29 is 4.74 Å². The van der Waals surface area contributed by atoms with E-state index in [9.17, 15) is 0 Å². The summed E-state index contributed by atoms with van der Waals surface area (Å²) >= 11 is 0. The van der Waals surface area contributed by atoms with Crippen molar-refractivity contribution in [3.8, 4) is 0 Å². The first-order chi connectivity index (χ1) is 8.29. The fourth-order valence-electron chi connectivity index (χ4n) is 2.20. The molecular formula is C12H20N4O. The molecule has 17 heavy (non-hydrogen) atoms. The smallest absolute Gasteiger partial charge is 0.223 e. The minimum atomic E-state index is 0.317. The number of aromatic nitrogens is 3. The average molecular weight is 236 g/mol. The van der Waals surface area contributed by atoms with Crippen molar-refractivity contribution in [2.75, 3.05) is 12.3 Å². The van der Waals surface area contributed by atoms with Gasteiger partial charge in [0, 0.05) is 12.5 Å². The van der Waals surface area contributed by atoms with E-state index in [1.807, 2.05) is 0 Å². The molecule has 1 fully saturated rings. The van der Waals surface area contributed by atoms with Gasteiger partial charge in [0.15, 0.2) is 5.82 Å². The van der Waals surface area contributed by atoms with E-state index in [4.69, 9.17) is 10.5 Å². The summed E-state index contributed by atoms with van der Waals surface area (Å²) in [5, 5.41) is 0. The molecule has 2 N–H and O–H groups in total. The number of nitrogen functional groups attached to an aromatic ring is 1. The molecule has 1 heterocycles. The molecule has 0 atom stereocenters. The van der Waals surface area contributed by atoms with Crippen LogP contribution in [0.15, 0.2) is 0 Å². The predicted molar refractivity (Wildman–Crippen MR) is 65.4 cm³/mol. The molecule has 1 aliphatic carbocycles. The summed E-state index contributed by atoms with van der Waals surface area (Å²) < 4.78 is 5.43. The molecule has 1 aromatic rings. The van der Waals surface area contributed by atoms with Gasteiger partial charge >= 0.3 is 0 Å². The molecule has 0 bridgehead atoms. The van der Waals surface area contributed by atoms with Crippen molar-refractivity contribution in [2.45, 2.75) is 51.6 Å². The van der Waals surface area contributed by atoms with Gasteiger partial charge in [-0.05, 0) is 19.3 Å². The quantitative estimate of drug-likeness (QED) is 0.792. The Morgan fingerprint density at radius 2 is 2.00 bits per heavy atom. The largest absolute Gasteiger partial charge is 0.373 e. The van der Waals surface area contributed by atoms with E-state index in [0.29, 0.717) is 24.3 Å². The maximum absolute atomic E-state index is 5.71. The molecule has 0 aromatic carbocycles. The van der Waals surface area contributed by atoms with Gasteiger partial charge in [-0.1, -0.05) is 19.8 Å². The Bertz CT molecular complexity index is 364. The highest BCUT2D eigenvalue weighted by Crippen LogP contribution is 2.32. The summed E-state index contributed by atoms with van der Waals surface area (Å²) in [6.07, 6.45) is 5.85. The zero-order valence-electron chi connectivity index (χ0n) is 10.4. The lowest BCUT2D eigenvalue weighted by molar-refractivity contribution is 0.115. The van der Waals surface area contributed by atoms with Crippen molar-refractivity contribution in [2.24, 2.45) is 0 Å². The van der Waals surface area contributed by atoms with E-state index in [1.54, 1.807) is 0 Å². The Labute approximate surface area is 102 Å². The van der Waals surface area contributed by atoms with Crippen LogP contribution in [0.1, 0.15) is 56.6 Å². The van der Waals surface area contributed by atoms with Gasteiger partial charge in [0.05, 0.1) is 0 Å². The summed E-state index contributed by atoms with van der Waals surface area (Å²) in [5.74, 6) is 2.29. The van der Waals surface area contributed by atoms with Crippen LogP contribution in [0.3, 0.4) is 0 Å². The molecule has 0 unspecified atom stereocenters. The minimum absolute atomic E-state index is 0.317. The number of anilines is 1. The number of nitrogens with zero attached hydrogens (tertiary/aromatic N) is 3. The molecule has 0 saturated heterocycles. The predicted octanol–water partition coefficient (Wildman–Crippen LogP) is 2.04. The highest BCUT2D eigenvalue weighted by molar-refractivity contribution is 5.17. The summed E-state index contributed by atoms with van der Waals surface area (Å²) in [7, 11) is 0. The molecule has 0 amide bonds. The summed E-state index contributed by atoms with van der Waals surface area (Å²) in [4.78, 5) is 12.8. The molecular weight excluding hydrogens is 216 g/mol. The van der Waals surface area contributed by atoms with Crippen LogP contribution in [0.5, 0.6) is 0 Å². The molecule has 0 aliphatic heterocycles. The van der Waals surface area contributed by atoms with E-state index >= 15 is 0 Å². The number of hydrogen-bond donors (Lipinski definition) is 1. The third-order valence-electron chi connectivity index (χ3n) is 3.02. The van der Waals surface area contributed by atoms with Crippen LogP contribution in [0.4, 0.5) is 5.95 Å². The number of rotatable bonds is 5. The van der Waals surface area contributed by atoms with Crippen molar-refractivity contribution in [3.05, 3.63) is 11.6 Å². The van der Waals surface area contributed by atoms with Gasteiger partial charge in [-0.15, -0.1) is 0 Å². The van der Waals surface area contributed by atoms with Crippen LogP contribution in [0, 0.1) is 0 Å². The van der Waals surface area contributed by atoms with E-state index < -0.39 is 0 Å². The second-order valence-corrected chi connectivity index (χ2v) is 4.50. The van der Waals surface area contributed by atoms with Gasteiger partial charge in [0.25, 0.3) is 0 Å². The maximum atomic E-state index is 5.71. The maximum Gasteiger partial charge on any atom is 0.223 e. The zero-order valence-corrected chi connectivity index (χ0v) is 10.4. The Morgan fingerprint density at radius 3 is 2.71 bits per heavy atom. The van der Waals surface area contributed by atoms with E-state index in [0.717, 1.165) is 18.9 Å². The van der Waals surface area contributed by atoms with Crippen LogP contribution < -0.4 is 5.73 Å². The molecule has 0 spiro atoms. The Morgan fingerprint density at radius 1 is 1.24 bits per heavy atom. The molecule has 2 rings (SSSR count). The third-order valence-corrected chi connectivity index (χ3v) is 3.02. The number of ether oxygens (including phenoxy) is 1. The number of hydrogen-bond acceptors (Lipinski definition) is 5. The zero-order chi connectivity index (χ0) is 12.1. The molecule has 1 aliphatic rings. The van der Waals surface area contributed by atoms with Crippen LogP contribution in [0.25, 0.3) is 0 Å². The second kappa shape index (κ2) is 5.91. The average Bonchev–Trinajstić information content (AvgIpc) is 2.82. The molecule has 5 heteroatoms. The van der Waals surface area contributed by atoms with Crippen molar-refractivity contribution in [3.63, 3.8) is 0 Å². The number of nitrogens with two attached hydrogens (primary N) is 1. The molecule has 1 saturated carbocycles. The molecule has 5 nitrogen and oxygen atoms in total. The second-order valence-electron chi connectivity index (χ2n) is 4.50. The highest BCUT2D eigenvalue weighted by Gasteiger charge is 2.20. The van der Waals surface area contributed by atoms with Crippen molar-refractivity contribution >= 4 is 5.95 Å². The van der Waals surface area contributed by atoms with Crippen LogP contribution in [-0.4, -0.2) is 21.6 Å². The lowest BCUT2D eigenvalue weighted by Crippen LogP contribution is -2.11. The fraction of sp³-hybridized carbons (Fsp3) is 0.750. The third kappa shape index (κ3) is 3.36. The van der Waals surface area contributed by atoms with Crippen molar-refractivity contribution in [1.82, 2.24) is 15.0 Å². The Hall–Kier alpha value is -1.23. The lowest BCUT2D eigenvalue weighted by Gasteiger charge is -2.09. The van der Waals surface area contributed by atoms with Gasteiger partial charge in [-0.2, -0.15) is 9.97 Å². The van der Waals surface area contributed by atoms with Gasteiger partial charge in [-0.25, -0.2) is 4.98 Å². The summed E-state index contributed by atoms with van der Waals surface area (Å²) in [5.41, 5.74) is 5.71. The lowest BCUT2D eigenvalue weighted by atomic mass is 10.1. The van der Waals surface area contributed by atoms with E-state index in [1.165, 1.54) is 25.7 Å². The van der Waals surface area contributed by atoms with E-state index in [-0.39, 0.29) is 0 Å². The van der Waals surface area contributed by atoms with E-state index in [2.05, 4.69) is 21.9 Å². The summed E-state index contributed by atoms with van der Waals surface area (Å²) in [6, 6.07) is 0. The first-order valence-corrected chi connectivity index (χ1v) is 6.37. The molecule has 94 valence electrons. The monoisotopic (exact) mass is 236 g/mol. The summed E-state index contributed by atoms with van der Waals surface area (Å²) in [6.45, 7) is 3.23. The van der Waals surface area contributed by atoms with Crippen molar-refractivity contribution in [1.29, 1.82) is 0 Å². The normalized spacial score (nSPS) is 16.5. The van der Waals surface area contributed by atoms with Crippen LogP contribution in [-0.2, 0) is 11.3 Å². The molecule has 1 aromatic heterocycles. The minimum Gasteiger partial charge on any atom is -0.373 e. The van der Waals surface area contributed by atoms with Gasteiger partial charge in [0.1, 0.15) is 12.4 Å². The van der Waals surface area contributed by atoms with Gasteiger partial charge in [-0.3, -0.25) is 0 Å². The fourth-order valence-corrected chi connectivity index (χ4v) is 2.20. The first-order valence-electron chi connectivity index (χ1n) is 6.37. The van der Waals surface area contributed by atoms with Gasteiger partial charge in [0.2, 0.25) is 5.95 Å². The molecule has 0 radical (unpaired) electrons. The first kappa shape index (κ1) is 12.2. The van der Waals surface area contributed by atoms with Crippen LogP contribution in [0.2, 0.25) is 0 Å². The Balaban J connectivity index is 2.05. The standard InChI is InChI=1S/C12H20N4O/c1-2-7-17-8-10-14-11(16-12(13)15-10)9-5-3-4-6-9/h9H,2-8H2,1H3,(H2,13,14,15,16). The van der Waals surface area contributed by atoms with Gasteiger partial charge < -0.3 is 10.5 Å². The highest BCUT2D eigenvalue weighted by atomic mass is 16.5.